The topological polar surface area (TPSA) is 48.4 Å². The van der Waals surface area contributed by atoms with E-state index in [1.54, 1.807) is 0 Å². The highest BCUT2D eigenvalue weighted by Crippen LogP contribution is 2.34. The molecule has 0 aliphatic heterocycles. The van der Waals surface area contributed by atoms with Crippen LogP contribution in [0.15, 0.2) is 24.4 Å². The molecule has 0 bridgehead atoms. The van der Waals surface area contributed by atoms with E-state index >= 15 is 0 Å². The monoisotopic (exact) mass is 271 g/mol. The Balaban J connectivity index is 2.11. The first-order valence-electron chi connectivity index (χ1n) is 7.17. The highest BCUT2D eigenvalue weighted by molar-refractivity contribution is 6.02. The Hall–Kier alpha value is -1.81. The van der Waals surface area contributed by atoms with Gasteiger partial charge in [-0.05, 0) is 25.3 Å². The second kappa shape index (κ2) is 5.29. The minimum absolute atomic E-state index is 0.133. The second-order valence-corrected chi connectivity index (χ2v) is 5.56. The van der Waals surface area contributed by atoms with Crippen molar-refractivity contribution in [1.82, 2.24) is 4.98 Å². The van der Waals surface area contributed by atoms with Crippen molar-refractivity contribution in [3.05, 3.63) is 30.0 Å². The molecule has 4 nitrogen and oxygen atoms in total. The summed E-state index contributed by atoms with van der Waals surface area (Å²) in [6.45, 7) is 2.86. The number of nitrogens with zero attached hydrogens (tertiary/aromatic N) is 2. The SMILES string of the molecule is Cc1cccc2c(N(C)CCO)ncc(NC3CC3)c12. The van der Waals surface area contributed by atoms with Gasteiger partial charge in [-0.3, -0.25) is 0 Å². The summed E-state index contributed by atoms with van der Waals surface area (Å²) >= 11 is 0. The fraction of sp³-hybridized carbons (Fsp3) is 0.438. The first kappa shape index (κ1) is 13.2. The molecule has 1 fully saturated rings. The minimum Gasteiger partial charge on any atom is -0.395 e. The Bertz CT molecular complexity index is 622. The third-order valence-electron chi connectivity index (χ3n) is 3.83. The molecule has 1 aliphatic carbocycles. The molecule has 0 spiro atoms. The summed E-state index contributed by atoms with van der Waals surface area (Å²) in [7, 11) is 1.97. The molecule has 1 aromatic heterocycles. The summed E-state index contributed by atoms with van der Waals surface area (Å²) < 4.78 is 0. The Morgan fingerprint density at radius 1 is 1.40 bits per heavy atom. The van der Waals surface area contributed by atoms with Crippen molar-refractivity contribution < 1.29 is 5.11 Å². The van der Waals surface area contributed by atoms with Gasteiger partial charge in [-0.25, -0.2) is 4.98 Å². The molecule has 20 heavy (non-hydrogen) atoms. The number of hydrogen-bond donors (Lipinski definition) is 2. The zero-order chi connectivity index (χ0) is 14.1. The van der Waals surface area contributed by atoms with Crippen LogP contribution in [0.3, 0.4) is 0 Å². The number of nitrogens with one attached hydrogen (secondary N) is 1. The molecule has 1 aromatic carbocycles. The van der Waals surface area contributed by atoms with Gasteiger partial charge in [0.1, 0.15) is 5.82 Å². The van der Waals surface area contributed by atoms with Gasteiger partial charge in [0, 0.05) is 30.4 Å². The number of pyridine rings is 1. The lowest BCUT2D eigenvalue weighted by Gasteiger charge is -2.21. The smallest absolute Gasteiger partial charge is 0.136 e. The van der Waals surface area contributed by atoms with Gasteiger partial charge >= 0.3 is 0 Å². The number of hydrogen-bond acceptors (Lipinski definition) is 4. The van der Waals surface area contributed by atoms with Crippen molar-refractivity contribution in [2.24, 2.45) is 0 Å². The van der Waals surface area contributed by atoms with Crippen LogP contribution in [-0.4, -0.2) is 36.3 Å². The quantitative estimate of drug-likeness (QED) is 0.877. The predicted molar refractivity (Wildman–Crippen MR) is 83.5 cm³/mol. The number of anilines is 2. The van der Waals surface area contributed by atoms with Crippen molar-refractivity contribution in [3.63, 3.8) is 0 Å². The molecule has 1 saturated carbocycles. The lowest BCUT2D eigenvalue weighted by molar-refractivity contribution is 0.304. The Kier molecular flexibility index (Phi) is 3.49. The van der Waals surface area contributed by atoms with Gasteiger partial charge in [-0.15, -0.1) is 0 Å². The van der Waals surface area contributed by atoms with Crippen LogP contribution in [-0.2, 0) is 0 Å². The molecule has 2 aromatic rings. The molecule has 1 aliphatic rings. The van der Waals surface area contributed by atoms with Crippen molar-refractivity contribution in [2.45, 2.75) is 25.8 Å². The zero-order valence-electron chi connectivity index (χ0n) is 12.1. The van der Waals surface area contributed by atoms with Gasteiger partial charge < -0.3 is 15.3 Å². The van der Waals surface area contributed by atoms with E-state index in [2.05, 4.69) is 35.4 Å². The minimum atomic E-state index is 0.133. The van der Waals surface area contributed by atoms with Crippen LogP contribution in [0.1, 0.15) is 18.4 Å². The molecular weight excluding hydrogens is 250 g/mol. The van der Waals surface area contributed by atoms with Crippen LogP contribution in [0.5, 0.6) is 0 Å². The normalized spacial score (nSPS) is 14.6. The Morgan fingerprint density at radius 3 is 2.90 bits per heavy atom. The molecule has 0 saturated heterocycles. The molecule has 106 valence electrons. The van der Waals surface area contributed by atoms with Gasteiger partial charge in [-0.1, -0.05) is 18.2 Å². The van der Waals surface area contributed by atoms with Crippen LogP contribution in [0.25, 0.3) is 10.8 Å². The number of aromatic nitrogens is 1. The molecule has 0 amide bonds. The largest absolute Gasteiger partial charge is 0.395 e. The molecule has 0 atom stereocenters. The first-order valence-corrected chi connectivity index (χ1v) is 7.17. The van der Waals surface area contributed by atoms with E-state index in [-0.39, 0.29) is 6.61 Å². The van der Waals surface area contributed by atoms with E-state index in [9.17, 15) is 0 Å². The maximum Gasteiger partial charge on any atom is 0.136 e. The summed E-state index contributed by atoms with van der Waals surface area (Å²) in [4.78, 5) is 6.60. The van der Waals surface area contributed by atoms with Gasteiger partial charge in [0.2, 0.25) is 0 Å². The highest BCUT2D eigenvalue weighted by Gasteiger charge is 2.22. The second-order valence-electron chi connectivity index (χ2n) is 5.56. The molecular formula is C16H21N3O. The maximum atomic E-state index is 9.12. The number of benzene rings is 1. The number of aliphatic hydroxyl groups excluding tert-OH is 1. The fourth-order valence-electron chi connectivity index (χ4n) is 2.59. The average molecular weight is 271 g/mol. The van der Waals surface area contributed by atoms with Crippen LogP contribution in [0.4, 0.5) is 11.5 Å². The van der Waals surface area contributed by atoms with Crippen molar-refractivity contribution in [2.75, 3.05) is 30.4 Å². The van der Waals surface area contributed by atoms with Gasteiger partial charge in [-0.2, -0.15) is 0 Å². The van der Waals surface area contributed by atoms with Crippen LogP contribution in [0.2, 0.25) is 0 Å². The number of aliphatic hydroxyl groups is 1. The summed E-state index contributed by atoms with van der Waals surface area (Å²) in [6.07, 6.45) is 4.43. The summed E-state index contributed by atoms with van der Waals surface area (Å²) in [6, 6.07) is 6.92. The van der Waals surface area contributed by atoms with Crippen LogP contribution >= 0.6 is 0 Å². The Morgan fingerprint density at radius 2 is 2.20 bits per heavy atom. The maximum absolute atomic E-state index is 9.12. The molecule has 1 heterocycles. The molecule has 4 heteroatoms. The van der Waals surface area contributed by atoms with Gasteiger partial charge in [0.25, 0.3) is 0 Å². The average Bonchev–Trinajstić information content (AvgIpc) is 3.23. The number of aryl methyl sites for hydroxylation is 1. The van der Waals surface area contributed by atoms with E-state index < -0.39 is 0 Å². The van der Waals surface area contributed by atoms with Crippen molar-refractivity contribution in [1.29, 1.82) is 0 Å². The fourth-order valence-corrected chi connectivity index (χ4v) is 2.59. The third-order valence-corrected chi connectivity index (χ3v) is 3.83. The van der Waals surface area contributed by atoms with Crippen molar-refractivity contribution in [3.8, 4) is 0 Å². The van der Waals surface area contributed by atoms with E-state index in [4.69, 9.17) is 5.11 Å². The predicted octanol–water partition coefficient (Wildman–Crippen LogP) is 2.55. The molecule has 0 unspecified atom stereocenters. The zero-order valence-corrected chi connectivity index (χ0v) is 12.1. The van der Waals surface area contributed by atoms with E-state index in [1.807, 2.05) is 18.1 Å². The highest BCUT2D eigenvalue weighted by atomic mass is 16.3. The lowest BCUT2D eigenvalue weighted by Crippen LogP contribution is -2.22. The standard InChI is InChI=1S/C16H21N3O/c1-11-4-3-5-13-15(11)14(18-12-6-7-12)10-17-16(13)19(2)8-9-20/h3-5,10,12,18,20H,6-9H2,1-2H3. The van der Waals surface area contributed by atoms with E-state index in [0.29, 0.717) is 12.6 Å². The summed E-state index contributed by atoms with van der Waals surface area (Å²) in [5, 5.41) is 15.1. The molecule has 0 radical (unpaired) electrons. The van der Waals surface area contributed by atoms with E-state index in [0.717, 1.165) is 16.9 Å². The van der Waals surface area contributed by atoms with Crippen LogP contribution in [0, 0.1) is 6.92 Å². The van der Waals surface area contributed by atoms with E-state index in [1.165, 1.54) is 23.8 Å². The number of fused-ring (bicyclic) bond motifs is 1. The number of likely N-dealkylation sites (N-methyl/N-ethyl adjacent to an activating group) is 1. The molecule has 3 rings (SSSR count). The summed E-state index contributed by atoms with van der Waals surface area (Å²) in [5.74, 6) is 0.930. The van der Waals surface area contributed by atoms with Gasteiger partial charge in [0.15, 0.2) is 0 Å². The van der Waals surface area contributed by atoms with Crippen molar-refractivity contribution >= 4 is 22.3 Å². The molecule has 2 N–H and O–H groups in total. The Labute approximate surface area is 119 Å². The van der Waals surface area contributed by atoms with Crippen LogP contribution < -0.4 is 10.2 Å². The third kappa shape index (κ3) is 2.43. The van der Waals surface area contributed by atoms with Gasteiger partial charge in [0.05, 0.1) is 18.5 Å². The lowest BCUT2D eigenvalue weighted by atomic mass is 10.0. The first-order chi connectivity index (χ1) is 9.70. The summed E-state index contributed by atoms with van der Waals surface area (Å²) in [5.41, 5.74) is 2.38. The number of rotatable bonds is 5.